The minimum atomic E-state index is -1.58. The number of Topliss-reactive ketones (excluding diaryl/α,β-unsaturated/α-hetero) is 2. The number of nitrogens with zero attached hydrogens (tertiary/aromatic N) is 1. The summed E-state index contributed by atoms with van der Waals surface area (Å²) in [5.41, 5.74) is -1.29. The molecule has 0 aliphatic carbocycles. The molecule has 2 aromatic rings. The van der Waals surface area contributed by atoms with E-state index in [9.17, 15) is 28.8 Å². The molecule has 0 aliphatic rings. The molecule has 50 heavy (non-hydrogen) atoms. The Kier molecular flexibility index (Phi) is 19.2. The highest BCUT2D eigenvalue weighted by atomic mass is 16.6. The van der Waals surface area contributed by atoms with Crippen LogP contribution in [0.4, 0.5) is 9.59 Å². The van der Waals surface area contributed by atoms with Gasteiger partial charge >= 0.3 is 24.1 Å². The Morgan fingerprint density at radius 2 is 1.22 bits per heavy atom. The van der Waals surface area contributed by atoms with Crippen molar-refractivity contribution in [2.45, 2.75) is 100 Å². The lowest BCUT2D eigenvalue weighted by Crippen LogP contribution is -2.50. The molecule has 0 saturated carbocycles. The van der Waals surface area contributed by atoms with Gasteiger partial charge in [0.2, 0.25) is 0 Å². The molecule has 0 bridgehead atoms. The highest BCUT2D eigenvalue weighted by Crippen LogP contribution is 2.36. The fourth-order valence-electron chi connectivity index (χ4n) is 3.77. The highest BCUT2D eigenvalue weighted by Gasteiger charge is 2.49. The number of alkyl carbamates (subject to hydrolysis) is 1. The van der Waals surface area contributed by atoms with Gasteiger partial charge in [-0.25, -0.2) is 9.59 Å². The van der Waals surface area contributed by atoms with E-state index in [0.29, 0.717) is 12.2 Å². The number of amides is 2. The maximum absolute atomic E-state index is 12.6. The number of ether oxygens (including phenoxy) is 4. The number of hydrogen-bond donors (Lipinski definition) is 1. The van der Waals surface area contributed by atoms with Crippen molar-refractivity contribution in [2.75, 3.05) is 13.2 Å². The van der Waals surface area contributed by atoms with Gasteiger partial charge in [0.1, 0.15) is 34.1 Å². The molecular weight excluding hydrogens is 644 g/mol. The SMILES string of the molecule is CC(C)(C)OC(=O)N=Cc1ccccc1.CCOC(=O)C(C)C(C)=O.CCOC(=O)[C@](C)(C(C)=O)[C@H](NC(=O)OC(C)(C)C)c1ccccc1. The minimum Gasteiger partial charge on any atom is -0.465 e. The lowest BCUT2D eigenvalue weighted by Gasteiger charge is -2.34. The first-order valence-corrected chi connectivity index (χ1v) is 16.3. The van der Waals surface area contributed by atoms with Crippen LogP contribution >= 0.6 is 0 Å². The molecule has 0 spiro atoms. The number of ketones is 2. The average molecular weight is 699 g/mol. The zero-order chi connectivity index (χ0) is 38.7. The highest BCUT2D eigenvalue weighted by molar-refractivity contribution is 6.03. The van der Waals surface area contributed by atoms with Crippen LogP contribution in [-0.2, 0) is 38.1 Å². The quantitative estimate of drug-likeness (QED) is 0.116. The van der Waals surface area contributed by atoms with E-state index in [0.717, 1.165) is 5.56 Å². The first-order valence-electron chi connectivity index (χ1n) is 16.3. The summed E-state index contributed by atoms with van der Waals surface area (Å²) >= 11 is 0. The predicted molar refractivity (Wildman–Crippen MR) is 191 cm³/mol. The molecule has 3 atom stereocenters. The normalized spacial score (nSPS) is 13.4. The van der Waals surface area contributed by atoms with E-state index in [-0.39, 0.29) is 12.4 Å². The Hall–Kier alpha value is -4.87. The van der Waals surface area contributed by atoms with Crippen LogP contribution in [0.3, 0.4) is 0 Å². The Bertz CT molecular complexity index is 1430. The van der Waals surface area contributed by atoms with Gasteiger partial charge < -0.3 is 24.3 Å². The molecule has 12 heteroatoms. The van der Waals surface area contributed by atoms with Crippen molar-refractivity contribution in [3.63, 3.8) is 0 Å². The van der Waals surface area contributed by atoms with Gasteiger partial charge in [-0.1, -0.05) is 60.7 Å². The van der Waals surface area contributed by atoms with Gasteiger partial charge in [-0.05, 0) is 94.2 Å². The summed E-state index contributed by atoms with van der Waals surface area (Å²) in [5, 5.41) is 2.67. The van der Waals surface area contributed by atoms with Crippen LogP contribution in [0.15, 0.2) is 65.7 Å². The zero-order valence-corrected chi connectivity index (χ0v) is 31.4. The van der Waals surface area contributed by atoms with Crippen LogP contribution in [0.2, 0.25) is 0 Å². The van der Waals surface area contributed by atoms with E-state index in [1.807, 2.05) is 57.2 Å². The standard InChI is InChI=1S/C19H27NO5.C12H15NO2.C7H12O3/c1-7-24-16(22)19(6,13(2)21)15(14-11-9-8-10-12-14)20-17(23)25-18(3,4)5;1-12(2,3)15-11(14)13-9-10-7-5-4-6-8-10;1-4-10-7(9)5(2)6(3)8/h8-12,15H,7H2,1-6H3,(H,20,23);4-9H,1-3H3;5H,4H2,1-3H3/t15-,19-;;/m1../s1. The minimum absolute atomic E-state index is 0.135. The molecule has 12 nitrogen and oxygen atoms in total. The van der Waals surface area contributed by atoms with Gasteiger partial charge in [0.05, 0.1) is 19.3 Å². The number of aliphatic imine (C=N–C) groups is 1. The molecular formula is C38H54N2O10. The summed E-state index contributed by atoms with van der Waals surface area (Å²) < 4.78 is 20.0. The molecule has 0 fully saturated rings. The third kappa shape index (κ3) is 17.5. The van der Waals surface area contributed by atoms with Crippen molar-refractivity contribution in [1.82, 2.24) is 5.32 Å². The third-order valence-electron chi connectivity index (χ3n) is 6.56. The molecule has 0 heterocycles. The monoisotopic (exact) mass is 698 g/mol. The molecule has 0 aliphatic heterocycles. The zero-order valence-electron chi connectivity index (χ0n) is 31.4. The number of hydrogen-bond acceptors (Lipinski definition) is 10. The van der Waals surface area contributed by atoms with Crippen LogP contribution < -0.4 is 5.32 Å². The lowest BCUT2D eigenvalue weighted by molar-refractivity contribution is -0.160. The molecule has 1 unspecified atom stereocenters. The topological polar surface area (TPSA) is 164 Å². The number of carbonyl (C=O) groups excluding carboxylic acids is 6. The molecule has 0 aromatic heterocycles. The Morgan fingerprint density at radius 3 is 1.64 bits per heavy atom. The summed E-state index contributed by atoms with van der Waals surface area (Å²) in [4.78, 5) is 73.4. The first kappa shape index (κ1) is 45.1. The fourth-order valence-corrected chi connectivity index (χ4v) is 3.77. The summed E-state index contributed by atoms with van der Waals surface area (Å²) in [6.07, 6.45) is 0.220. The smallest absolute Gasteiger partial charge is 0.434 e. The second-order valence-corrected chi connectivity index (χ2v) is 13.2. The second-order valence-electron chi connectivity index (χ2n) is 13.2. The van der Waals surface area contributed by atoms with Crippen LogP contribution in [0.5, 0.6) is 0 Å². The van der Waals surface area contributed by atoms with Gasteiger partial charge in [0, 0.05) is 6.21 Å². The van der Waals surface area contributed by atoms with Gasteiger partial charge in [0.15, 0.2) is 0 Å². The van der Waals surface area contributed by atoms with E-state index in [1.165, 1.54) is 27.0 Å². The summed E-state index contributed by atoms with van der Waals surface area (Å²) in [6.45, 7) is 20.2. The van der Waals surface area contributed by atoms with E-state index in [2.05, 4.69) is 15.0 Å². The first-order chi connectivity index (χ1) is 23.1. The number of esters is 2. The molecule has 276 valence electrons. The van der Waals surface area contributed by atoms with E-state index < -0.39 is 58.5 Å². The van der Waals surface area contributed by atoms with Gasteiger partial charge in [-0.15, -0.1) is 0 Å². The molecule has 2 amide bonds. The van der Waals surface area contributed by atoms with Gasteiger partial charge in [-0.2, -0.15) is 4.99 Å². The van der Waals surface area contributed by atoms with Crippen molar-refractivity contribution in [2.24, 2.45) is 16.3 Å². The van der Waals surface area contributed by atoms with Gasteiger partial charge in [0.25, 0.3) is 0 Å². The Labute approximate surface area is 296 Å². The Morgan fingerprint density at radius 1 is 0.740 bits per heavy atom. The third-order valence-corrected chi connectivity index (χ3v) is 6.56. The Balaban J connectivity index is 0.000000810. The molecule has 2 aromatic carbocycles. The summed E-state index contributed by atoms with van der Waals surface area (Å²) in [7, 11) is 0. The second kappa shape index (κ2) is 21.3. The van der Waals surface area contributed by atoms with Crippen LogP contribution in [0.25, 0.3) is 0 Å². The van der Waals surface area contributed by atoms with Crippen LogP contribution in [0, 0.1) is 11.3 Å². The van der Waals surface area contributed by atoms with Crippen LogP contribution in [-0.4, -0.2) is 66.3 Å². The molecule has 0 radical (unpaired) electrons. The molecule has 1 N–H and O–H groups in total. The molecule has 0 saturated heterocycles. The fraction of sp³-hybridized carbons (Fsp3) is 0.500. The number of carbonyl (C=O) groups is 6. The predicted octanol–water partition coefficient (Wildman–Crippen LogP) is 7.23. The van der Waals surface area contributed by atoms with E-state index in [4.69, 9.17) is 14.2 Å². The average Bonchev–Trinajstić information content (AvgIpc) is 3.02. The summed E-state index contributed by atoms with van der Waals surface area (Å²) in [5.74, 6) is -2.29. The molecule has 2 rings (SSSR count). The van der Waals surface area contributed by atoms with Crippen molar-refractivity contribution in [1.29, 1.82) is 0 Å². The van der Waals surface area contributed by atoms with Crippen molar-refractivity contribution >= 4 is 41.9 Å². The maximum Gasteiger partial charge on any atom is 0.434 e. The maximum atomic E-state index is 12.6. The van der Waals surface area contributed by atoms with E-state index in [1.54, 1.807) is 65.8 Å². The van der Waals surface area contributed by atoms with Crippen molar-refractivity contribution in [3.05, 3.63) is 71.8 Å². The lowest BCUT2D eigenvalue weighted by atomic mass is 9.75. The van der Waals surface area contributed by atoms with Crippen molar-refractivity contribution in [3.8, 4) is 0 Å². The number of nitrogens with one attached hydrogen (secondary N) is 1. The number of benzene rings is 2. The van der Waals surface area contributed by atoms with Crippen molar-refractivity contribution < 1.29 is 47.7 Å². The van der Waals surface area contributed by atoms with E-state index >= 15 is 0 Å². The number of rotatable bonds is 10. The largest absolute Gasteiger partial charge is 0.465 e. The summed E-state index contributed by atoms with van der Waals surface area (Å²) in [6, 6.07) is 17.3. The van der Waals surface area contributed by atoms with Crippen LogP contribution in [0.1, 0.15) is 100 Å². The van der Waals surface area contributed by atoms with Gasteiger partial charge in [-0.3, -0.25) is 19.2 Å².